The number of carbonyl (C=O) groups is 2. The molecule has 2 amide bonds. The summed E-state index contributed by atoms with van der Waals surface area (Å²) in [6.45, 7) is 9.34. The lowest BCUT2D eigenvalue weighted by Crippen LogP contribution is -2.34. The molecule has 0 spiro atoms. The molecule has 1 saturated heterocycles. The summed E-state index contributed by atoms with van der Waals surface area (Å²) in [6.07, 6.45) is 1.73. The third-order valence-electron chi connectivity index (χ3n) is 4.20. The van der Waals surface area contributed by atoms with Gasteiger partial charge in [-0.3, -0.25) is 9.69 Å². The van der Waals surface area contributed by atoms with Gasteiger partial charge in [-0.15, -0.1) is 0 Å². The standard InChI is InChI=1S/C19H28N2O3/c1-5-6-7-17(22)20-12-16-13-21(18(23)24-16)15-10-8-14(9-11-15)19(2,3)4/h8-11,16H,5-7,12-13H2,1-4H3,(H,20,22). The fourth-order valence-corrected chi connectivity index (χ4v) is 2.63. The molecule has 1 N–H and O–H groups in total. The SMILES string of the molecule is CCCCC(=O)NCC1CN(c2ccc(C(C)(C)C)cc2)C(=O)O1. The molecule has 0 aliphatic carbocycles. The van der Waals surface area contributed by atoms with Crippen LogP contribution in [-0.2, 0) is 14.9 Å². The number of amides is 2. The van der Waals surface area contributed by atoms with Crippen LogP contribution in [0.25, 0.3) is 0 Å². The maximum Gasteiger partial charge on any atom is 0.414 e. The molecule has 1 aromatic carbocycles. The minimum atomic E-state index is -0.355. The van der Waals surface area contributed by atoms with Gasteiger partial charge in [0.15, 0.2) is 0 Å². The molecule has 5 nitrogen and oxygen atoms in total. The summed E-state index contributed by atoms with van der Waals surface area (Å²) in [4.78, 5) is 25.4. The molecule has 1 aliphatic rings. The van der Waals surface area contributed by atoms with Gasteiger partial charge in [0.2, 0.25) is 5.91 Å². The van der Waals surface area contributed by atoms with Gasteiger partial charge in [-0.2, -0.15) is 0 Å². The van der Waals surface area contributed by atoms with Crippen molar-refractivity contribution in [2.75, 3.05) is 18.0 Å². The highest BCUT2D eigenvalue weighted by Gasteiger charge is 2.32. The van der Waals surface area contributed by atoms with E-state index in [0.717, 1.165) is 18.5 Å². The predicted octanol–water partition coefficient (Wildman–Crippen LogP) is 3.62. The zero-order valence-corrected chi connectivity index (χ0v) is 15.1. The van der Waals surface area contributed by atoms with Gasteiger partial charge in [-0.25, -0.2) is 4.79 Å². The second kappa shape index (κ2) is 7.69. The lowest BCUT2D eigenvalue weighted by Gasteiger charge is -2.20. The van der Waals surface area contributed by atoms with E-state index in [4.69, 9.17) is 4.74 Å². The van der Waals surface area contributed by atoms with E-state index in [1.807, 2.05) is 24.3 Å². The van der Waals surface area contributed by atoms with Gasteiger partial charge in [0, 0.05) is 12.1 Å². The van der Waals surface area contributed by atoms with Crippen molar-refractivity contribution in [3.63, 3.8) is 0 Å². The minimum Gasteiger partial charge on any atom is -0.442 e. The fourth-order valence-electron chi connectivity index (χ4n) is 2.63. The van der Waals surface area contributed by atoms with Gasteiger partial charge < -0.3 is 10.1 Å². The normalized spacial score (nSPS) is 17.8. The number of cyclic esters (lactones) is 1. The fraction of sp³-hybridized carbons (Fsp3) is 0.579. The summed E-state index contributed by atoms with van der Waals surface area (Å²) in [5.74, 6) is 0.0147. The number of unbranched alkanes of at least 4 members (excludes halogenated alkanes) is 1. The molecule has 0 saturated carbocycles. The van der Waals surface area contributed by atoms with Crippen LogP contribution in [0, 0.1) is 0 Å². The van der Waals surface area contributed by atoms with Gasteiger partial charge in [0.05, 0.1) is 13.1 Å². The summed E-state index contributed by atoms with van der Waals surface area (Å²) in [7, 11) is 0. The Bertz CT molecular complexity index is 575. The summed E-state index contributed by atoms with van der Waals surface area (Å²) in [5, 5.41) is 2.84. The third-order valence-corrected chi connectivity index (χ3v) is 4.20. The second-order valence-electron chi connectivity index (χ2n) is 7.32. The summed E-state index contributed by atoms with van der Waals surface area (Å²) >= 11 is 0. The van der Waals surface area contributed by atoms with Gasteiger partial charge >= 0.3 is 6.09 Å². The van der Waals surface area contributed by atoms with Crippen molar-refractivity contribution in [1.29, 1.82) is 0 Å². The van der Waals surface area contributed by atoms with Crippen LogP contribution in [0.3, 0.4) is 0 Å². The van der Waals surface area contributed by atoms with Crippen LogP contribution >= 0.6 is 0 Å². The Kier molecular flexibility index (Phi) is 5.86. The number of nitrogens with zero attached hydrogens (tertiary/aromatic N) is 1. The number of carbonyl (C=O) groups excluding carboxylic acids is 2. The predicted molar refractivity (Wildman–Crippen MR) is 95.3 cm³/mol. The monoisotopic (exact) mass is 332 g/mol. The summed E-state index contributed by atoms with van der Waals surface area (Å²) in [6, 6.07) is 7.99. The van der Waals surface area contributed by atoms with E-state index in [9.17, 15) is 9.59 Å². The molecule has 24 heavy (non-hydrogen) atoms. The van der Waals surface area contributed by atoms with Gasteiger partial charge in [0.25, 0.3) is 0 Å². The number of hydrogen-bond acceptors (Lipinski definition) is 3. The van der Waals surface area contributed by atoms with Crippen molar-refractivity contribution >= 4 is 17.7 Å². The molecular weight excluding hydrogens is 304 g/mol. The van der Waals surface area contributed by atoms with Crippen molar-refractivity contribution in [2.24, 2.45) is 0 Å². The average Bonchev–Trinajstić information content (AvgIpc) is 2.91. The van der Waals surface area contributed by atoms with Crippen molar-refractivity contribution in [2.45, 2.75) is 58.5 Å². The Hall–Kier alpha value is -2.04. The first kappa shape index (κ1) is 18.3. The molecular formula is C19H28N2O3. The topological polar surface area (TPSA) is 58.6 Å². The van der Waals surface area contributed by atoms with Crippen molar-refractivity contribution < 1.29 is 14.3 Å². The molecule has 1 unspecified atom stereocenters. The first-order chi connectivity index (χ1) is 11.3. The number of ether oxygens (including phenoxy) is 1. The summed E-state index contributed by atoms with van der Waals surface area (Å²) in [5.41, 5.74) is 2.13. The highest BCUT2D eigenvalue weighted by atomic mass is 16.6. The lowest BCUT2D eigenvalue weighted by atomic mass is 9.87. The Morgan fingerprint density at radius 3 is 2.54 bits per heavy atom. The molecule has 0 aromatic heterocycles. The highest BCUT2D eigenvalue weighted by Crippen LogP contribution is 2.27. The van der Waals surface area contributed by atoms with E-state index in [1.54, 1.807) is 4.90 Å². The zero-order valence-electron chi connectivity index (χ0n) is 15.1. The van der Waals surface area contributed by atoms with Crippen LogP contribution in [0.2, 0.25) is 0 Å². The smallest absolute Gasteiger partial charge is 0.414 e. The number of benzene rings is 1. The van der Waals surface area contributed by atoms with Crippen molar-refractivity contribution in [3.8, 4) is 0 Å². The van der Waals surface area contributed by atoms with Gasteiger partial charge in [0.1, 0.15) is 6.10 Å². The number of hydrogen-bond donors (Lipinski definition) is 1. The number of rotatable bonds is 6. The van der Waals surface area contributed by atoms with Crippen molar-refractivity contribution in [3.05, 3.63) is 29.8 Å². The number of nitrogens with one attached hydrogen (secondary N) is 1. The average molecular weight is 332 g/mol. The molecule has 1 aliphatic heterocycles. The molecule has 1 heterocycles. The molecule has 132 valence electrons. The van der Waals surface area contributed by atoms with E-state index in [2.05, 4.69) is 33.0 Å². The second-order valence-corrected chi connectivity index (χ2v) is 7.32. The first-order valence-corrected chi connectivity index (χ1v) is 8.66. The highest BCUT2D eigenvalue weighted by molar-refractivity contribution is 5.89. The quantitative estimate of drug-likeness (QED) is 0.865. The molecule has 0 radical (unpaired) electrons. The minimum absolute atomic E-state index is 0.0147. The maximum absolute atomic E-state index is 12.1. The van der Waals surface area contributed by atoms with Crippen LogP contribution in [0.1, 0.15) is 52.5 Å². The third kappa shape index (κ3) is 4.73. The lowest BCUT2D eigenvalue weighted by molar-refractivity contribution is -0.121. The molecule has 1 fully saturated rings. The van der Waals surface area contributed by atoms with Crippen LogP contribution in [0.4, 0.5) is 10.5 Å². The van der Waals surface area contributed by atoms with E-state index < -0.39 is 0 Å². The Morgan fingerprint density at radius 1 is 1.29 bits per heavy atom. The van der Waals surface area contributed by atoms with Crippen LogP contribution < -0.4 is 10.2 Å². The molecule has 5 heteroatoms. The molecule has 1 atom stereocenters. The van der Waals surface area contributed by atoms with Crippen molar-refractivity contribution in [1.82, 2.24) is 5.32 Å². The van der Waals surface area contributed by atoms with E-state index in [-0.39, 0.29) is 23.5 Å². The summed E-state index contributed by atoms with van der Waals surface area (Å²) < 4.78 is 5.35. The Labute approximate surface area is 144 Å². The largest absolute Gasteiger partial charge is 0.442 e. The van der Waals surface area contributed by atoms with Crippen LogP contribution in [-0.4, -0.2) is 31.2 Å². The Morgan fingerprint density at radius 2 is 1.96 bits per heavy atom. The van der Waals surface area contributed by atoms with Crippen LogP contribution in [0.15, 0.2) is 24.3 Å². The molecule has 0 bridgehead atoms. The van der Waals surface area contributed by atoms with Gasteiger partial charge in [-0.1, -0.05) is 46.2 Å². The zero-order chi connectivity index (χ0) is 17.7. The first-order valence-electron chi connectivity index (χ1n) is 8.66. The van der Waals surface area contributed by atoms with E-state index in [0.29, 0.717) is 19.5 Å². The van der Waals surface area contributed by atoms with E-state index >= 15 is 0 Å². The van der Waals surface area contributed by atoms with E-state index in [1.165, 1.54) is 5.56 Å². The molecule has 2 rings (SSSR count). The molecule has 1 aromatic rings. The number of anilines is 1. The van der Waals surface area contributed by atoms with Gasteiger partial charge in [-0.05, 0) is 29.5 Å². The van der Waals surface area contributed by atoms with Crippen LogP contribution in [0.5, 0.6) is 0 Å². The maximum atomic E-state index is 12.1. The Balaban J connectivity index is 1.91.